The van der Waals surface area contributed by atoms with Gasteiger partial charge in [0, 0.05) is 41.3 Å². The third kappa shape index (κ3) is 2.74. The van der Waals surface area contributed by atoms with Crippen molar-refractivity contribution >= 4 is 23.3 Å². The smallest absolute Gasteiger partial charge is 0.251 e. The highest BCUT2D eigenvalue weighted by Crippen LogP contribution is 2.66. The number of ketones is 1. The number of piperidine rings is 1. The van der Waals surface area contributed by atoms with Crippen molar-refractivity contribution in [3.8, 4) is 11.5 Å². The van der Waals surface area contributed by atoms with E-state index in [-0.39, 0.29) is 28.5 Å². The predicted octanol–water partition coefficient (Wildman–Crippen LogP) is 3.63. The molecule has 1 unspecified atom stereocenters. The van der Waals surface area contributed by atoms with Gasteiger partial charge >= 0.3 is 0 Å². The zero-order valence-electron chi connectivity index (χ0n) is 19.3. The van der Waals surface area contributed by atoms with Crippen LogP contribution >= 0.6 is 11.6 Å². The molecular weight excluding hydrogens is 468 g/mol. The van der Waals surface area contributed by atoms with E-state index < -0.39 is 23.1 Å². The summed E-state index contributed by atoms with van der Waals surface area (Å²) in [7, 11) is 0. The lowest BCUT2D eigenvalue weighted by atomic mass is 9.47. The quantitative estimate of drug-likeness (QED) is 0.499. The summed E-state index contributed by atoms with van der Waals surface area (Å²) in [6.45, 7) is 0.917. The SMILES string of the molecule is O=C(N[C@@]12CCC(=O)[C@@H]3Oc4c(O)ccc5c4[C@@]31CC[N+]([O-])(CC1CC1)[C@@H]2C5)c1ccc(Cl)cc1. The first kappa shape index (κ1) is 21.7. The molecule has 3 fully saturated rings. The second kappa shape index (κ2) is 6.99. The number of hydroxylamine groups is 3. The molecule has 2 saturated carbocycles. The number of hydrogen-bond acceptors (Lipinski definition) is 5. The predicted molar refractivity (Wildman–Crippen MR) is 128 cm³/mol. The van der Waals surface area contributed by atoms with Gasteiger partial charge in [-0.25, -0.2) is 0 Å². The number of phenols is 1. The molecule has 7 nitrogen and oxygen atoms in total. The van der Waals surface area contributed by atoms with Crippen LogP contribution in [0.25, 0.3) is 0 Å². The van der Waals surface area contributed by atoms with E-state index in [1.54, 1.807) is 30.3 Å². The number of nitrogens with zero attached hydrogens (tertiary/aromatic N) is 1. The number of benzene rings is 2. The lowest BCUT2D eigenvalue weighted by Gasteiger charge is -2.69. The highest BCUT2D eigenvalue weighted by molar-refractivity contribution is 6.30. The van der Waals surface area contributed by atoms with Gasteiger partial charge in [0.1, 0.15) is 11.6 Å². The molecule has 0 aromatic heterocycles. The first-order chi connectivity index (χ1) is 16.8. The third-order valence-electron chi connectivity index (χ3n) is 9.35. The molecule has 2 heterocycles. The Balaban J connectivity index is 1.44. The van der Waals surface area contributed by atoms with Gasteiger partial charge in [0.05, 0.1) is 18.5 Å². The van der Waals surface area contributed by atoms with E-state index in [1.165, 1.54) is 0 Å². The number of rotatable bonds is 4. The highest BCUT2D eigenvalue weighted by Gasteiger charge is 2.76. The Bertz CT molecular complexity index is 1280. The molecule has 1 spiro atoms. The normalized spacial score (nSPS) is 36.3. The summed E-state index contributed by atoms with van der Waals surface area (Å²) in [6, 6.07) is 9.73. The van der Waals surface area contributed by atoms with Gasteiger partial charge in [-0.2, -0.15) is 0 Å². The molecule has 5 aliphatic rings. The Kier molecular flexibility index (Phi) is 4.33. The Morgan fingerprint density at radius 1 is 1.20 bits per heavy atom. The first-order valence-corrected chi connectivity index (χ1v) is 12.9. The number of carbonyl (C=O) groups excluding carboxylic acids is 2. The van der Waals surface area contributed by atoms with Crippen LogP contribution in [0.15, 0.2) is 36.4 Å². The minimum atomic E-state index is -0.955. The Labute approximate surface area is 208 Å². The van der Waals surface area contributed by atoms with Crippen molar-refractivity contribution < 1.29 is 24.1 Å². The maximum Gasteiger partial charge on any atom is 0.251 e. The maximum atomic E-state index is 14.6. The molecule has 35 heavy (non-hydrogen) atoms. The summed E-state index contributed by atoms with van der Waals surface area (Å²) in [5.41, 5.74) is 0.403. The topological polar surface area (TPSA) is 98.7 Å². The lowest BCUT2D eigenvalue weighted by molar-refractivity contribution is -0.920. The van der Waals surface area contributed by atoms with Gasteiger partial charge in [0.25, 0.3) is 5.91 Å². The van der Waals surface area contributed by atoms with Crippen LogP contribution in [0, 0.1) is 11.1 Å². The average Bonchev–Trinajstić information content (AvgIpc) is 3.56. The van der Waals surface area contributed by atoms with E-state index in [2.05, 4.69) is 5.32 Å². The molecule has 2 aromatic rings. The van der Waals surface area contributed by atoms with Gasteiger partial charge in [0.2, 0.25) is 0 Å². The fourth-order valence-corrected chi connectivity index (χ4v) is 7.84. The number of hydrogen-bond donors (Lipinski definition) is 2. The van der Waals surface area contributed by atoms with Crippen molar-refractivity contribution in [3.05, 3.63) is 63.3 Å². The second-order valence-electron chi connectivity index (χ2n) is 11.1. The summed E-state index contributed by atoms with van der Waals surface area (Å²) in [5, 5.41) is 29.2. The first-order valence-electron chi connectivity index (χ1n) is 12.5. The third-order valence-corrected chi connectivity index (χ3v) is 9.60. The Morgan fingerprint density at radius 2 is 1.97 bits per heavy atom. The van der Waals surface area contributed by atoms with Crippen molar-refractivity contribution in [2.45, 2.75) is 61.6 Å². The molecule has 2 bridgehead atoms. The summed E-state index contributed by atoms with van der Waals surface area (Å²) < 4.78 is 5.88. The summed E-state index contributed by atoms with van der Waals surface area (Å²) >= 11 is 6.05. The van der Waals surface area contributed by atoms with Crippen molar-refractivity contribution in [2.75, 3.05) is 13.1 Å². The molecular formula is C27H27ClN2O5. The summed E-state index contributed by atoms with van der Waals surface area (Å²) in [4.78, 5) is 27.0. The van der Waals surface area contributed by atoms with Crippen LogP contribution in [0.2, 0.25) is 5.02 Å². The van der Waals surface area contributed by atoms with Gasteiger partial charge < -0.3 is 25.0 Å². The number of Topliss-reactive ketones (excluding diaryl/α,β-unsaturated/α-hetero) is 1. The van der Waals surface area contributed by atoms with Gasteiger partial charge in [-0.3, -0.25) is 9.59 Å². The largest absolute Gasteiger partial charge is 0.633 e. The van der Waals surface area contributed by atoms with Crippen LogP contribution in [0.3, 0.4) is 0 Å². The minimum Gasteiger partial charge on any atom is -0.633 e. The molecule has 7 rings (SSSR count). The van der Waals surface area contributed by atoms with Gasteiger partial charge in [-0.05, 0) is 55.2 Å². The maximum absolute atomic E-state index is 14.6. The lowest BCUT2D eigenvalue weighted by Crippen LogP contribution is -2.85. The second-order valence-corrected chi connectivity index (χ2v) is 11.5. The molecule has 2 N–H and O–H groups in total. The van der Waals surface area contributed by atoms with Crippen LogP contribution in [0.5, 0.6) is 11.5 Å². The van der Waals surface area contributed by atoms with Crippen LogP contribution in [-0.4, -0.2) is 52.2 Å². The Morgan fingerprint density at radius 3 is 2.71 bits per heavy atom. The number of ether oxygens (including phenoxy) is 1. The van der Waals surface area contributed by atoms with Crippen molar-refractivity contribution in [1.82, 2.24) is 5.32 Å². The number of phenolic OH excluding ortho intramolecular Hbond substituents is 1. The molecule has 1 amide bonds. The number of quaternary nitrogens is 1. The van der Waals surface area contributed by atoms with E-state index in [0.29, 0.717) is 54.6 Å². The van der Waals surface area contributed by atoms with Crippen molar-refractivity contribution in [3.63, 3.8) is 0 Å². The van der Waals surface area contributed by atoms with Crippen LogP contribution < -0.4 is 10.1 Å². The van der Waals surface area contributed by atoms with Crippen molar-refractivity contribution in [1.29, 1.82) is 0 Å². The molecule has 2 aliphatic heterocycles. The average molecular weight is 495 g/mol. The number of aromatic hydroxyl groups is 1. The van der Waals surface area contributed by atoms with Crippen molar-refractivity contribution in [2.24, 2.45) is 5.92 Å². The number of likely N-dealkylation sites (tertiary alicyclic amines) is 1. The monoisotopic (exact) mass is 494 g/mol. The molecule has 5 atom stereocenters. The molecule has 3 aliphatic carbocycles. The standard InChI is InChI=1S/C27H27ClN2O5/c28-18-6-3-16(4-7-18)25(33)29-27-10-9-20(32)24-26(27)11-12-30(34,14-15-1-2-15)21(27)13-17-5-8-19(31)23(35-24)22(17)26/h3-8,15,21,24,31H,1-2,9-14H2,(H,29,33)/t21-,24+,26+,27-,30?/m1/s1. The molecule has 1 saturated heterocycles. The zero-order chi connectivity index (χ0) is 24.2. The number of carbonyl (C=O) groups is 2. The minimum absolute atomic E-state index is 0.00290. The Hall–Kier alpha value is -2.61. The van der Waals surface area contributed by atoms with E-state index >= 15 is 0 Å². The van der Waals surface area contributed by atoms with Crippen LogP contribution in [0.4, 0.5) is 0 Å². The van der Waals surface area contributed by atoms with Gasteiger partial charge in [-0.1, -0.05) is 17.7 Å². The molecule has 8 heteroatoms. The molecule has 0 radical (unpaired) electrons. The van der Waals surface area contributed by atoms with Gasteiger partial charge in [-0.15, -0.1) is 0 Å². The number of nitrogens with one attached hydrogen (secondary N) is 1. The summed E-state index contributed by atoms with van der Waals surface area (Å²) in [6.07, 6.45) is 2.84. The van der Waals surface area contributed by atoms with E-state index in [1.807, 2.05) is 6.07 Å². The highest BCUT2D eigenvalue weighted by atomic mass is 35.5. The van der Waals surface area contributed by atoms with E-state index in [0.717, 1.165) is 24.0 Å². The van der Waals surface area contributed by atoms with E-state index in [4.69, 9.17) is 16.3 Å². The zero-order valence-corrected chi connectivity index (χ0v) is 20.0. The van der Waals surface area contributed by atoms with Crippen LogP contribution in [-0.2, 0) is 16.6 Å². The number of amides is 1. The van der Waals surface area contributed by atoms with Gasteiger partial charge in [0.15, 0.2) is 23.4 Å². The fourth-order valence-electron chi connectivity index (χ4n) is 7.72. The van der Waals surface area contributed by atoms with E-state index in [9.17, 15) is 19.9 Å². The number of halogens is 1. The molecule has 182 valence electrons. The fraction of sp³-hybridized carbons (Fsp3) is 0.481. The van der Waals surface area contributed by atoms with Crippen LogP contribution in [0.1, 0.15) is 53.6 Å². The molecule has 2 aromatic carbocycles. The summed E-state index contributed by atoms with van der Waals surface area (Å²) in [5.74, 6) is 0.457.